The van der Waals surface area contributed by atoms with Crippen LogP contribution in [-0.2, 0) is 17.6 Å². The average molecular weight is 318 g/mol. The molecule has 3 heteroatoms. The Labute approximate surface area is 142 Å². The molecule has 1 amide bonds. The van der Waals surface area contributed by atoms with Gasteiger partial charge in [-0.1, -0.05) is 48.5 Å². The molecular weight excluding hydrogens is 296 g/mol. The quantitative estimate of drug-likeness (QED) is 0.740. The van der Waals surface area contributed by atoms with Crippen LogP contribution in [0.15, 0.2) is 54.6 Å². The van der Waals surface area contributed by atoms with Crippen LogP contribution in [0.3, 0.4) is 0 Å². The lowest BCUT2D eigenvalue weighted by Gasteiger charge is -2.24. The van der Waals surface area contributed by atoms with Crippen molar-refractivity contribution >= 4 is 16.8 Å². The predicted octanol–water partition coefficient (Wildman–Crippen LogP) is 4.29. The molecular formula is C21H22N2O. The number of hydrogen-bond donors (Lipinski definition) is 2. The van der Waals surface area contributed by atoms with Gasteiger partial charge in [0.2, 0.25) is 5.91 Å². The molecule has 1 aromatic heterocycles. The second-order valence-corrected chi connectivity index (χ2v) is 6.56. The van der Waals surface area contributed by atoms with Crippen LogP contribution >= 0.6 is 0 Å². The van der Waals surface area contributed by atoms with Gasteiger partial charge in [0.15, 0.2) is 0 Å². The van der Waals surface area contributed by atoms with Crippen molar-refractivity contribution in [2.24, 2.45) is 0 Å². The second kappa shape index (κ2) is 6.52. The van der Waals surface area contributed by atoms with Gasteiger partial charge in [0, 0.05) is 23.0 Å². The van der Waals surface area contributed by atoms with Crippen molar-refractivity contribution in [1.29, 1.82) is 0 Å². The molecule has 2 N–H and O–H groups in total. The molecule has 1 unspecified atom stereocenters. The minimum Gasteiger partial charge on any atom is -0.356 e. The minimum absolute atomic E-state index is 0.115. The maximum Gasteiger partial charge on any atom is 0.220 e. The summed E-state index contributed by atoms with van der Waals surface area (Å²) in [5.74, 6) is 0.135. The number of aromatic nitrogens is 1. The molecule has 2 aromatic carbocycles. The van der Waals surface area contributed by atoms with Crippen molar-refractivity contribution in [3.63, 3.8) is 0 Å². The third-order valence-corrected chi connectivity index (χ3v) is 4.93. The first-order valence-electron chi connectivity index (χ1n) is 8.74. The van der Waals surface area contributed by atoms with Crippen molar-refractivity contribution in [2.75, 3.05) is 0 Å². The summed E-state index contributed by atoms with van der Waals surface area (Å²) in [4.78, 5) is 15.9. The van der Waals surface area contributed by atoms with Crippen LogP contribution in [-0.4, -0.2) is 10.9 Å². The van der Waals surface area contributed by atoms with Crippen LogP contribution in [0, 0.1) is 0 Å². The van der Waals surface area contributed by atoms with Crippen LogP contribution in [0.5, 0.6) is 0 Å². The van der Waals surface area contributed by atoms with E-state index < -0.39 is 0 Å². The molecule has 0 bridgehead atoms. The Hall–Kier alpha value is -2.55. The second-order valence-electron chi connectivity index (χ2n) is 6.56. The first-order valence-corrected chi connectivity index (χ1v) is 8.74. The average Bonchev–Trinajstić information content (AvgIpc) is 3.01. The van der Waals surface area contributed by atoms with Crippen molar-refractivity contribution < 1.29 is 4.79 Å². The van der Waals surface area contributed by atoms with E-state index in [9.17, 15) is 4.79 Å². The highest BCUT2D eigenvalue weighted by Gasteiger charge is 2.25. The van der Waals surface area contributed by atoms with E-state index in [-0.39, 0.29) is 11.9 Å². The van der Waals surface area contributed by atoms with Gasteiger partial charge in [0.1, 0.15) is 0 Å². The van der Waals surface area contributed by atoms with Crippen molar-refractivity contribution in [3.05, 3.63) is 71.4 Å². The summed E-state index contributed by atoms with van der Waals surface area (Å²) in [5, 5.41) is 4.54. The number of aryl methyl sites for hydroxylation is 2. The molecule has 122 valence electrons. The lowest BCUT2D eigenvalue weighted by atomic mass is 9.91. The molecule has 1 aliphatic carbocycles. The molecule has 0 saturated carbocycles. The molecule has 3 aromatic rings. The van der Waals surface area contributed by atoms with Gasteiger partial charge in [-0.15, -0.1) is 0 Å². The smallest absolute Gasteiger partial charge is 0.220 e. The Kier molecular flexibility index (Phi) is 4.08. The van der Waals surface area contributed by atoms with Crippen LogP contribution in [0.25, 0.3) is 10.9 Å². The number of nitrogens with one attached hydrogen (secondary N) is 2. The Morgan fingerprint density at radius 3 is 2.75 bits per heavy atom. The molecule has 0 spiro atoms. The number of H-pyrrole nitrogens is 1. The van der Waals surface area contributed by atoms with Gasteiger partial charge >= 0.3 is 0 Å². The highest BCUT2D eigenvalue weighted by atomic mass is 16.1. The number of rotatable bonds is 4. The first kappa shape index (κ1) is 15.0. The van der Waals surface area contributed by atoms with E-state index >= 15 is 0 Å². The molecule has 0 radical (unpaired) electrons. The Bertz CT molecular complexity index is 851. The molecule has 0 saturated heterocycles. The largest absolute Gasteiger partial charge is 0.356 e. The molecule has 0 aliphatic heterocycles. The summed E-state index contributed by atoms with van der Waals surface area (Å²) in [6, 6.07) is 18.7. The number of fused-ring (bicyclic) bond motifs is 3. The molecule has 3 nitrogen and oxygen atoms in total. The third kappa shape index (κ3) is 2.94. The lowest BCUT2D eigenvalue weighted by Crippen LogP contribution is -2.31. The maximum absolute atomic E-state index is 12.4. The van der Waals surface area contributed by atoms with Crippen molar-refractivity contribution in [3.8, 4) is 0 Å². The van der Waals surface area contributed by atoms with Gasteiger partial charge in [-0.2, -0.15) is 0 Å². The van der Waals surface area contributed by atoms with Gasteiger partial charge in [-0.3, -0.25) is 4.79 Å². The van der Waals surface area contributed by atoms with E-state index in [4.69, 9.17) is 0 Å². The summed E-state index contributed by atoms with van der Waals surface area (Å²) in [6.07, 6.45) is 4.56. The van der Waals surface area contributed by atoms with Gasteiger partial charge in [0.25, 0.3) is 0 Å². The summed E-state index contributed by atoms with van der Waals surface area (Å²) in [6.45, 7) is 0. The van der Waals surface area contributed by atoms with E-state index in [1.807, 2.05) is 18.2 Å². The van der Waals surface area contributed by atoms with Crippen molar-refractivity contribution in [2.45, 2.75) is 38.1 Å². The SMILES string of the molecule is O=C(CCc1ccccc1)NC1CCCc2c1[nH]c1ccccc21. The number of hydrogen-bond acceptors (Lipinski definition) is 1. The van der Waals surface area contributed by atoms with Crippen LogP contribution in [0.2, 0.25) is 0 Å². The summed E-state index contributed by atoms with van der Waals surface area (Å²) < 4.78 is 0. The fraction of sp³-hybridized carbons (Fsp3) is 0.286. The predicted molar refractivity (Wildman–Crippen MR) is 96.9 cm³/mol. The summed E-state index contributed by atoms with van der Waals surface area (Å²) >= 11 is 0. The van der Waals surface area contributed by atoms with Gasteiger partial charge < -0.3 is 10.3 Å². The molecule has 4 rings (SSSR count). The molecule has 1 heterocycles. The molecule has 24 heavy (non-hydrogen) atoms. The van der Waals surface area contributed by atoms with E-state index in [2.05, 4.69) is 46.7 Å². The number of carbonyl (C=O) groups excluding carboxylic acids is 1. The molecule has 0 fully saturated rings. The van der Waals surface area contributed by atoms with E-state index in [0.717, 1.165) is 25.7 Å². The zero-order valence-corrected chi connectivity index (χ0v) is 13.7. The maximum atomic E-state index is 12.4. The number of benzene rings is 2. The van der Waals surface area contributed by atoms with Crippen LogP contribution in [0.4, 0.5) is 0 Å². The monoisotopic (exact) mass is 318 g/mol. The van der Waals surface area contributed by atoms with Crippen molar-refractivity contribution in [1.82, 2.24) is 10.3 Å². The molecule has 1 aliphatic rings. The van der Waals surface area contributed by atoms with Crippen LogP contribution < -0.4 is 5.32 Å². The van der Waals surface area contributed by atoms with E-state index in [1.54, 1.807) is 0 Å². The molecule has 1 atom stereocenters. The standard InChI is InChI=1S/C21H22N2O/c24-20(14-13-15-7-2-1-3-8-15)22-19-12-6-10-17-16-9-4-5-11-18(16)23-21(17)19/h1-5,7-9,11,19,23H,6,10,12-14H2,(H,22,24). The minimum atomic E-state index is 0.115. The zero-order chi connectivity index (χ0) is 16.4. The van der Waals surface area contributed by atoms with Crippen LogP contribution in [0.1, 0.15) is 42.1 Å². The zero-order valence-electron chi connectivity index (χ0n) is 13.7. The summed E-state index contributed by atoms with van der Waals surface area (Å²) in [7, 11) is 0. The van der Waals surface area contributed by atoms with E-state index in [1.165, 1.54) is 27.7 Å². The van der Waals surface area contributed by atoms with Gasteiger partial charge in [0.05, 0.1) is 6.04 Å². The fourth-order valence-corrected chi connectivity index (χ4v) is 3.73. The third-order valence-electron chi connectivity index (χ3n) is 4.93. The highest BCUT2D eigenvalue weighted by molar-refractivity contribution is 5.85. The topological polar surface area (TPSA) is 44.9 Å². The normalized spacial score (nSPS) is 16.8. The van der Waals surface area contributed by atoms with Gasteiger partial charge in [-0.25, -0.2) is 0 Å². The Morgan fingerprint density at radius 2 is 1.88 bits per heavy atom. The lowest BCUT2D eigenvalue weighted by molar-refractivity contribution is -0.121. The van der Waals surface area contributed by atoms with Gasteiger partial charge in [-0.05, 0) is 42.9 Å². The number of carbonyl (C=O) groups is 1. The first-order chi connectivity index (χ1) is 11.8. The Morgan fingerprint density at radius 1 is 1.08 bits per heavy atom. The number of amides is 1. The van der Waals surface area contributed by atoms with E-state index in [0.29, 0.717) is 6.42 Å². The number of aromatic amines is 1. The highest BCUT2D eigenvalue weighted by Crippen LogP contribution is 2.34. The Balaban J connectivity index is 1.47. The fourth-order valence-electron chi connectivity index (χ4n) is 3.73. The summed E-state index contributed by atoms with van der Waals surface area (Å²) in [5.41, 5.74) is 4.97. The number of para-hydroxylation sites is 1.